The lowest BCUT2D eigenvalue weighted by Crippen LogP contribution is -2.01. The van der Waals surface area contributed by atoms with Gasteiger partial charge in [-0.1, -0.05) is 30.7 Å². The van der Waals surface area contributed by atoms with Gasteiger partial charge in [0.15, 0.2) is 0 Å². The van der Waals surface area contributed by atoms with Crippen molar-refractivity contribution in [3.8, 4) is 0 Å². The van der Waals surface area contributed by atoms with Gasteiger partial charge in [-0.05, 0) is 20.3 Å². The fourth-order valence-electron chi connectivity index (χ4n) is 0.833. The van der Waals surface area contributed by atoms with Gasteiger partial charge in [-0.2, -0.15) is 0 Å². The van der Waals surface area contributed by atoms with Gasteiger partial charge in [0.05, 0.1) is 6.61 Å². The summed E-state index contributed by atoms with van der Waals surface area (Å²) in [6.45, 7) is 5.51. The van der Waals surface area contributed by atoms with Gasteiger partial charge < -0.3 is 5.11 Å². The van der Waals surface area contributed by atoms with Crippen molar-refractivity contribution in [2.75, 3.05) is 6.61 Å². The molecule has 0 aromatic heterocycles. The SMILES string of the molecule is CC(=O)C(C)/C=C/CC(C)=CCO. The Morgan fingerprint density at radius 1 is 1.46 bits per heavy atom. The molecule has 2 heteroatoms. The lowest BCUT2D eigenvalue weighted by atomic mass is 10.1. The third-order valence-electron chi connectivity index (χ3n) is 1.95. The predicted molar refractivity (Wildman–Crippen MR) is 54.4 cm³/mol. The summed E-state index contributed by atoms with van der Waals surface area (Å²) in [5.74, 6) is 0.182. The Bertz CT molecular complexity index is 214. The van der Waals surface area contributed by atoms with E-state index >= 15 is 0 Å². The van der Waals surface area contributed by atoms with Crippen LogP contribution in [0.3, 0.4) is 0 Å². The maximum absolute atomic E-state index is 10.8. The standard InChI is InChI=1S/C11H18O2/c1-9(7-8-12)5-4-6-10(2)11(3)13/h4,6-7,10,12H,5,8H2,1-3H3/b6-4+,9-7?. The molecule has 0 bridgehead atoms. The smallest absolute Gasteiger partial charge is 0.136 e. The zero-order valence-corrected chi connectivity index (χ0v) is 8.58. The number of allylic oxidation sites excluding steroid dienone is 3. The second-order valence-electron chi connectivity index (χ2n) is 3.26. The minimum atomic E-state index is 0.00178. The van der Waals surface area contributed by atoms with Gasteiger partial charge in [0.2, 0.25) is 0 Å². The molecule has 1 atom stereocenters. The molecule has 0 heterocycles. The summed E-state index contributed by atoms with van der Waals surface area (Å²) in [6.07, 6.45) is 6.44. The Labute approximate surface area is 80.0 Å². The Hall–Kier alpha value is -0.890. The maximum atomic E-state index is 10.8. The number of aliphatic hydroxyl groups excluding tert-OH is 1. The molecule has 0 aliphatic carbocycles. The molecular formula is C11H18O2. The Kier molecular flexibility index (Phi) is 6.15. The van der Waals surface area contributed by atoms with Crippen LogP contribution in [0.4, 0.5) is 0 Å². The highest BCUT2D eigenvalue weighted by Crippen LogP contribution is 2.04. The van der Waals surface area contributed by atoms with Crippen molar-refractivity contribution in [1.29, 1.82) is 0 Å². The third-order valence-corrected chi connectivity index (χ3v) is 1.95. The van der Waals surface area contributed by atoms with E-state index in [0.717, 1.165) is 12.0 Å². The van der Waals surface area contributed by atoms with Gasteiger partial charge in [0.1, 0.15) is 5.78 Å². The molecule has 0 aliphatic rings. The average Bonchev–Trinajstić information content (AvgIpc) is 2.04. The molecule has 0 aliphatic heterocycles. The number of ketones is 1. The van der Waals surface area contributed by atoms with E-state index in [1.807, 2.05) is 26.0 Å². The minimum absolute atomic E-state index is 0.00178. The van der Waals surface area contributed by atoms with Crippen LogP contribution in [0.2, 0.25) is 0 Å². The zero-order chi connectivity index (χ0) is 10.3. The van der Waals surface area contributed by atoms with Crippen LogP contribution in [-0.2, 0) is 4.79 Å². The highest BCUT2D eigenvalue weighted by Gasteiger charge is 2.00. The highest BCUT2D eigenvalue weighted by atomic mass is 16.2. The summed E-state index contributed by atoms with van der Waals surface area (Å²) in [5.41, 5.74) is 1.12. The number of carbonyl (C=O) groups excluding carboxylic acids is 1. The molecule has 0 aromatic carbocycles. The van der Waals surface area contributed by atoms with Gasteiger partial charge >= 0.3 is 0 Å². The lowest BCUT2D eigenvalue weighted by molar-refractivity contribution is -0.118. The number of Topliss-reactive ketones (excluding diaryl/α,β-unsaturated/α-hetero) is 1. The monoisotopic (exact) mass is 182 g/mol. The van der Waals surface area contributed by atoms with Gasteiger partial charge in [0, 0.05) is 5.92 Å². The molecule has 2 nitrogen and oxygen atoms in total. The van der Waals surface area contributed by atoms with Crippen molar-refractivity contribution in [3.05, 3.63) is 23.8 Å². The molecule has 13 heavy (non-hydrogen) atoms. The van der Waals surface area contributed by atoms with Crippen molar-refractivity contribution in [2.45, 2.75) is 27.2 Å². The summed E-state index contributed by atoms with van der Waals surface area (Å²) >= 11 is 0. The molecule has 0 amide bonds. The van der Waals surface area contributed by atoms with Crippen molar-refractivity contribution < 1.29 is 9.90 Å². The summed E-state index contributed by atoms with van der Waals surface area (Å²) in [6, 6.07) is 0. The van der Waals surface area contributed by atoms with Gasteiger partial charge in [-0.15, -0.1) is 0 Å². The summed E-state index contributed by atoms with van der Waals surface area (Å²) in [5, 5.41) is 8.58. The molecule has 0 spiro atoms. The van der Waals surface area contributed by atoms with Gasteiger partial charge in [-0.25, -0.2) is 0 Å². The third kappa shape index (κ3) is 6.29. The fraction of sp³-hybridized carbons (Fsp3) is 0.545. The van der Waals surface area contributed by atoms with Crippen LogP contribution >= 0.6 is 0 Å². The fourth-order valence-corrected chi connectivity index (χ4v) is 0.833. The van der Waals surface area contributed by atoms with Crippen LogP contribution in [-0.4, -0.2) is 17.5 Å². The van der Waals surface area contributed by atoms with E-state index in [2.05, 4.69) is 0 Å². The first-order valence-corrected chi connectivity index (χ1v) is 4.51. The normalized spacial score (nSPS) is 14.9. The molecule has 1 N–H and O–H groups in total. The molecule has 0 radical (unpaired) electrons. The van der Waals surface area contributed by atoms with E-state index in [4.69, 9.17) is 5.11 Å². The van der Waals surface area contributed by atoms with Crippen LogP contribution in [0.25, 0.3) is 0 Å². The van der Waals surface area contributed by atoms with Crippen LogP contribution in [0.5, 0.6) is 0 Å². The topological polar surface area (TPSA) is 37.3 Å². The summed E-state index contributed by atoms with van der Waals surface area (Å²) in [7, 11) is 0. The molecule has 74 valence electrons. The summed E-state index contributed by atoms with van der Waals surface area (Å²) in [4.78, 5) is 10.8. The lowest BCUT2D eigenvalue weighted by Gasteiger charge is -1.99. The average molecular weight is 182 g/mol. The highest BCUT2D eigenvalue weighted by molar-refractivity contribution is 5.79. The van der Waals surface area contributed by atoms with E-state index in [9.17, 15) is 4.79 Å². The Morgan fingerprint density at radius 2 is 2.08 bits per heavy atom. The zero-order valence-electron chi connectivity index (χ0n) is 8.58. The van der Waals surface area contributed by atoms with E-state index in [0.29, 0.717) is 0 Å². The van der Waals surface area contributed by atoms with Crippen molar-refractivity contribution in [3.63, 3.8) is 0 Å². The molecule has 0 rings (SSSR count). The van der Waals surface area contributed by atoms with E-state index < -0.39 is 0 Å². The second-order valence-corrected chi connectivity index (χ2v) is 3.26. The van der Waals surface area contributed by atoms with Crippen molar-refractivity contribution in [1.82, 2.24) is 0 Å². The van der Waals surface area contributed by atoms with Crippen LogP contribution in [0.1, 0.15) is 27.2 Å². The van der Waals surface area contributed by atoms with E-state index in [1.165, 1.54) is 0 Å². The van der Waals surface area contributed by atoms with Gasteiger partial charge in [-0.3, -0.25) is 4.79 Å². The van der Waals surface area contributed by atoms with Crippen molar-refractivity contribution in [2.24, 2.45) is 5.92 Å². The molecular weight excluding hydrogens is 164 g/mol. The number of aliphatic hydroxyl groups is 1. The number of hydrogen-bond donors (Lipinski definition) is 1. The molecule has 0 fully saturated rings. The Morgan fingerprint density at radius 3 is 2.54 bits per heavy atom. The molecule has 0 aromatic rings. The second kappa shape index (κ2) is 6.61. The predicted octanol–water partition coefficient (Wildman–Crippen LogP) is 2.10. The number of carbonyl (C=O) groups is 1. The van der Waals surface area contributed by atoms with E-state index in [1.54, 1.807) is 13.0 Å². The first-order valence-electron chi connectivity index (χ1n) is 4.51. The first kappa shape index (κ1) is 12.1. The van der Waals surface area contributed by atoms with E-state index in [-0.39, 0.29) is 18.3 Å². The number of hydrogen-bond acceptors (Lipinski definition) is 2. The molecule has 0 saturated heterocycles. The Balaban J connectivity index is 3.87. The first-order chi connectivity index (χ1) is 6.07. The van der Waals surface area contributed by atoms with Crippen LogP contribution in [0.15, 0.2) is 23.8 Å². The minimum Gasteiger partial charge on any atom is -0.392 e. The summed E-state index contributed by atoms with van der Waals surface area (Å²) < 4.78 is 0. The molecule has 0 saturated carbocycles. The van der Waals surface area contributed by atoms with Crippen LogP contribution < -0.4 is 0 Å². The van der Waals surface area contributed by atoms with Crippen molar-refractivity contribution >= 4 is 5.78 Å². The van der Waals surface area contributed by atoms with Crippen LogP contribution in [0, 0.1) is 5.92 Å². The number of rotatable bonds is 5. The van der Waals surface area contributed by atoms with Gasteiger partial charge in [0.25, 0.3) is 0 Å². The largest absolute Gasteiger partial charge is 0.392 e. The quantitative estimate of drug-likeness (QED) is 0.661. The maximum Gasteiger partial charge on any atom is 0.136 e. The molecule has 1 unspecified atom stereocenters.